The van der Waals surface area contributed by atoms with Crippen LogP contribution >= 0.6 is 31.9 Å². The van der Waals surface area contributed by atoms with Crippen LogP contribution in [0.25, 0.3) is 6.08 Å². The number of fused-ring (bicyclic) bond motifs is 1. The molecule has 0 aliphatic heterocycles. The van der Waals surface area contributed by atoms with Gasteiger partial charge in [-0.2, -0.15) is 0 Å². The summed E-state index contributed by atoms with van der Waals surface area (Å²) in [6.07, 6.45) is 9.27. The number of hydrogen-bond donors (Lipinski definition) is 1. The number of aromatic nitrogens is 1. The molecular weight excluding hydrogens is 270 g/mol. The lowest BCUT2D eigenvalue weighted by molar-refractivity contribution is 0.983. The van der Waals surface area contributed by atoms with E-state index in [1.165, 1.54) is 11.1 Å². The Hall–Kier alpha value is -0.0200. The topological polar surface area (TPSA) is 15.8 Å². The van der Waals surface area contributed by atoms with Crippen LogP contribution in [0.1, 0.15) is 11.1 Å². The Labute approximate surface area is 82.1 Å². The van der Waals surface area contributed by atoms with Gasteiger partial charge in [-0.1, -0.05) is 44.0 Å². The predicted octanol–water partition coefficient (Wildman–Crippen LogP) is 3.07. The monoisotopic (exact) mass is 275 g/mol. The first-order valence-electron chi connectivity index (χ1n) is 3.40. The molecule has 3 heteroatoms. The third-order valence-corrected chi connectivity index (χ3v) is 2.89. The smallest absolute Gasteiger partial charge is 0.103 e. The van der Waals surface area contributed by atoms with Crippen molar-refractivity contribution in [3.8, 4) is 0 Å². The van der Waals surface area contributed by atoms with E-state index in [0.717, 1.165) is 6.42 Å². The Balaban J connectivity index is 2.44. The van der Waals surface area contributed by atoms with Crippen LogP contribution in [-0.2, 0) is 6.42 Å². The summed E-state index contributed by atoms with van der Waals surface area (Å²) < 4.78 is -0.0325. The van der Waals surface area contributed by atoms with Crippen molar-refractivity contribution < 1.29 is 0 Å². The Morgan fingerprint density at radius 1 is 1.36 bits per heavy atom. The summed E-state index contributed by atoms with van der Waals surface area (Å²) in [7, 11) is 0. The molecule has 0 saturated heterocycles. The van der Waals surface area contributed by atoms with Crippen molar-refractivity contribution in [1.82, 2.24) is 4.98 Å². The number of aromatic amines is 1. The van der Waals surface area contributed by atoms with E-state index < -0.39 is 0 Å². The summed E-state index contributed by atoms with van der Waals surface area (Å²) in [5, 5.41) is 0. The number of allylic oxidation sites excluding steroid dienone is 1. The zero-order valence-corrected chi connectivity index (χ0v) is 8.94. The molecule has 0 aromatic carbocycles. The van der Waals surface area contributed by atoms with Crippen LogP contribution in [0.15, 0.2) is 18.5 Å². The zero-order chi connectivity index (χ0) is 7.90. The van der Waals surface area contributed by atoms with Gasteiger partial charge in [-0.3, -0.25) is 0 Å². The number of nitrogens with one attached hydrogen (secondary N) is 1. The van der Waals surface area contributed by atoms with Gasteiger partial charge in [-0.05, 0) is 11.1 Å². The molecule has 0 atom stereocenters. The van der Waals surface area contributed by atoms with Crippen LogP contribution in [0.4, 0.5) is 0 Å². The fourth-order valence-corrected chi connectivity index (χ4v) is 2.11. The first-order valence-corrected chi connectivity index (χ1v) is 4.99. The minimum absolute atomic E-state index is 0.0325. The van der Waals surface area contributed by atoms with Gasteiger partial charge in [0.25, 0.3) is 0 Å². The lowest BCUT2D eigenvalue weighted by atomic mass is 10.0. The second kappa shape index (κ2) is 2.49. The van der Waals surface area contributed by atoms with Gasteiger partial charge >= 0.3 is 0 Å². The van der Waals surface area contributed by atoms with E-state index in [1.54, 1.807) is 0 Å². The lowest BCUT2D eigenvalue weighted by Gasteiger charge is -2.19. The maximum absolute atomic E-state index is 3.56. The summed E-state index contributed by atoms with van der Waals surface area (Å²) in [6.45, 7) is 0. The van der Waals surface area contributed by atoms with Crippen LogP contribution in [0.3, 0.4) is 0 Å². The highest BCUT2D eigenvalue weighted by molar-refractivity contribution is 9.25. The minimum Gasteiger partial charge on any atom is -0.367 e. The quantitative estimate of drug-likeness (QED) is 0.701. The van der Waals surface area contributed by atoms with Gasteiger partial charge in [-0.25, -0.2) is 0 Å². The molecule has 1 aliphatic rings. The first-order chi connectivity index (χ1) is 5.17. The first kappa shape index (κ1) is 7.62. The van der Waals surface area contributed by atoms with E-state index in [2.05, 4.69) is 49.0 Å². The van der Waals surface area contributed by atoms with E-state index in [1.807, 2.05) is 12.4 Å². The molecule has 0 saturated carbocycles. The average Bonchev–Trinajstić information content (AvgIpc) is 2.31. The van der Waals surface area contributed by atoms with Crippen molar-refractivity contribution in [1.29, 1.82) is 0 Å². The summed E-state index contributed by atoms with van der Waals surface area (Å²) in [4.78, 5) is 3.09. The maximum Gasteiger partial charge on any atom is 0.103 e. The standard InChI is InChI=1S/C8H7Br2N/c9-8(10)2-1-6-4-11-5-7(6)3-8/h1-2,4-5,11H,3H2. The largest absolute Gasteiger partial charge is 0.367 e. The van der Waals surface area contributed by atoms with Gasteiger partial charge in [0.15, 0.2) is 0 Å². The summed E-state index contributed by atoms with van der Waals surface area (Å²) in [5.74, 6) is 0. The third kappa shape index (κ3) is 1.44. The molecule has 1 aromatic rings. The molecule has 0 fully saturated rings. The predicted molar refractivity (Wildman–Crippen MR) is 54.1 cm³/mol. The second-order valence-corrected chi connectivity index (χ2v) is 6.60. The van der Waals surface area contributed by atoms with Gasteiger partial charge in [-0.15, -0.1) is 0 Å². The molecule has 58 valence electrons. The van der Waals surface area contributed by atoms with E-state index in [-0.39, 0.29) is 3.23 Å². The highest BCUT2D eigenvalue weighted by atomic mass is 79.9. The molecule has 0 spiro atoms. The van der Waals surface area contributed by atoms with Crippen LogP contribution in [-0.4, -0.2) is 8.22 Å². The van der Waals surface area contributed by atoms with Gasteiger partial charge in [0, 0.05) is 18.8 Å². The molecule has 1 aliphatic carbocycles. The van der Waals surface area contributed by atoms with Crippen molar-refractivity contribution in [3.63, 3.8) is 0 Å². The van der Waals surface area contributed by atoms with Crippen LogP contribution < -0.4 is 0 Å². The van der Waals surface area contributed by atoms with Gasteiger partial charge < -0.3 is 4.98 Å². The molecule has 0 bridgehead atoms. The van der Waals surface area contributed by atoms with Crippen molar-refractivity contribution in [2.24, 2.45) is 0 Å². The number of H-pyrrole nitrogens is 1. The van der Waals surface area contributed by atoms with Crippen molar-refractivity contribution in [3.05, 3.63) is 29.6 Å². The van der Waals surface area contributed by atoms with Crippen LogP contribution in [0.2, 0.25) is 0 Å². The fourth-order valence-electron chi connectivity index (χ4n) is 1.24. The molecule has 1 N–H and O–H groups in total. The summed E-state index contributed by atoms with van der Waals surface area (Å²) in [6, 6.07) is 0. The highest BCUT2D eigenvalue weighted by Crippen LogP contribution is 2.37. The van der Waals surface area contributed by atoms with E-state index in [4.69, 9.17) is 0 Å². The van der Waals surface area contributed by atoms with E-state index in [9.17, 15) is 0 Å². The number of rotatable bonds is 0. The van der Waals surface area contributed by atoms with E-state index >= 15 is 0 Å². The Morgan fingerprint density at radius 2 is 2.18 bits per heavy atom. The molecule has 0 radical (unpaired) electrons. The Bertz CT molecular complexity index is 299. The normalized spacial score (nSPS) is 19.8. The molecular formula is C8H7Br2N. The molecule has 0 unspecified atom stereocenters. The van der Waals surface area contributed by atoms with Crippen molar-refractivity contribution >= 4 is 37.9 Å². The Kier molecular flexibility index (Phi) is 1.72. The van der Waals surface area contributed by atoms with Crippen LogP contribution in [0.5, 0.6) is 0 Å². The lowest BCUT2D eigenvalue weighted by Crippen LogP contribution is -2.14. The molecule has 1 heterocycles. The molecule has 0 amide bonds. The summed E-state index contributed by atoms with van der Waals surface area (Å²) in [5.41, 5.74) is 2.64. The molecule has 11 heavy (non-hydrogen) atoms. The molecule has 1 aromatic heterocycles. The second-order valence-electron chi connectivity index (χ2n) is 2.71. The van der Waals surface area contributed by atoms with Crippen molar-refractivity contribution in [2.45, 2.75) is 9.65 Å². The SMILES string of the molecule is BrC1(Br)C=Cc2c[nH]cc2C1. The van der Waals surface area contributed by atoms with Gasteiger partial charge in [0.2, 0.25) is 0 Å². The van der Waals surface area contributed by atoms with Gasteiger partial charge in [0.05, 0.1) is 0 Å². The fraction of sp³-hybridized carbons (Fsp3) is 0.250. The zero-order valence-electron chi connectivity index (χ0n) is 5.77. The van der Waals surface area contributed by atoms with E-state index in [0.29, 0.717) is 0 Å². The minimum atomic E-state index is -0.0325. The van der Waals surface area contributed by atoms with Gasteiger partial charge in [0.1, 0.15) is 3.23 Å². The number of halogens is 2. The Morgan fingerprint density at radius 3 is 3.00 bits per heavy atom. The third-order valence-electron chi connectivity index (χ3n) is 1.80. The van der Waals surface area contributed by atoms with Crippen LogP contribution in [0, 0.1) is 0 Å². The molecule has 1 nitrogen and oxygen atoms in total. The average molecular weight is 277 g/mol. The van der Waals surface area contributed by atoms with Crippen molar-refractivity contribution in [2.75, 3.05) is 0 Å². The maximum atomic E-state index is 3.56. The summed E-state index contributed by atoms with van der Waals surface area (Å²) >= 11 is 7.13. The number of hydrogen-bond acceptors (Lipinski definition) is 0. The number of alkyl halides is 2. The highest BCUT2D eigenvalue weighted by Gasteiger charge is 2.24. The molecule has 2 rings (SSSR count).